The monoisotopic (exact) mass is 609 g/mol. The Morgan fingerprint density at radius 2 is 2.06 bits per heavy atom. The number of nitrogens with one attached hydrogen (secondary N) is 2. The van der Waals surface area contributed by atoms with E-state index >= 15 is 0 Å². The van der Waals surface area contributed by atoms with Gasteiger partial charge in [0.05, 0.1) is 6.61 Å². The Bertz CT molecular complexity index is 1210. The molecule has 15 heteroatoms. The van der Waals surface area contributed by atoms with E-state index in [4.69, 9.17) is 30.1 Å². The maximum absolute atomic E-state index is 13.6. The lowest BCUT2D eigenvalue weighted by Crippen LogP contribution is -2.41. The van der Waals surface area contributed by atoms with Crippen molar-refractivity contribution in [1.29, 1.82) is 0 Å². The van der Waals surface area contributed by atoms with Gasteiger partial charge in [-0.15, -0.1) is 0 Å². The van der Waals surface area contributed by atoms with Crippen LogP contribution in [0.5, 0.6) is 5.75 Å². The topological polar surface area (TPSA) is 158 Å². The van der Waals surface area contributed by atoms with E-state index in [1.54, 1.807) is 44.2 Å². The molecule has 0 bridgehead atoms. The highest BCUT2D eigenvalue weighted by atomic mass is 79.9. The second kappa shape index (κ2) is 12.0. The maximum Gasteiger partial charge on any atom is 0.459 e. The third kappa shape index (κ3) is 7.06. The van der Waals surface area contributed by atoms with E-state index in [0.29, 0.717) is 0 Å². The molecule has 12 nitrogen and oxygen atoms in total. The summed E-state index contributed by atoms with van der Waals surface area (Å²) in [4.78, 5) is 37.2. The molecule has 0 radical (unpaired) electrons. The van der Waals surface area contributed by atoms with Gasteiger partial charge in [-0.3, -0.25) is 23.7 Å². The summed E-state index contributed by atoms with van der Waals surface area (Å²) in [6, 6.07) is 8.71. The van der Waals surface area contributed by atoms with Crippen LogP contribution in [-0.2, 0) is 23.4 Å². The summed E-state index contributed by atoms with van der Waals surface area (Å²) in [7, 11) is -4.10. The highest BCUT2D eigenvalue weighted by molar-refractivity contribution is 9.10. The van der Waals surface area contributed by atoms with Crippen molar-refractivity contribution in [1.82, 2.24) is 14.6 Å². The number of alkyl halides is 2. The van der Waals surface area contributed by atoms with Crippen molar-refractivity contribution in [2.75, 3.05) is 13.2 Å². The number of halogens is 2. The molecule has 3 N–H and O–H groups in total. The number of hydrogen-bond acceptors (Lipinski definition) is 9. The fourth-order valence-electron chi connectivity index (χ4n) is 3.23. The number of ether oxygens (including phenoxy) is 2. The Kier molecular flexibility index (Phi) is 9.56. The van der Waals surface area contributed by atoms with Gasteiger partial charge < -0.3 is 19.1 Å². The average molecular weight is 611 g/mol. The summed E-state index contributed by atoms with van der Waals surface area (Å²) < 4.78 is 34.9. The molecule has 0 spiro atoms. The summed E-state index contributed by atoms with van der Waals surface area (Å²) in [5, 5.41) is 13.5. The second-order valence-electron chi connectivity index (χ2n) is 7.93. The lowest BCUT2D eigenvalue weighted by molar-refractivity contribution is -0.143. The molecular weight excluding hydrogens is 585 g/mol. The number of aromatic amines is 1. The zero-order chi connectivity index (χ0) is 26.5. The van der Waals surface area contributed by atoms with Crippen LogP contribution in [0.4, 0.5) is 0 Å². The molecule has 1 fully saturated rings. The molecule has 1 aromatic carbocycles. The first-order valence-corrected chi connectivity index (χ1v) is 13.6. The van der Waals surface area contributed by atoms with Crippen LogP contribution in [-0.4, -0.2) is 55.9 Å². The summed E-state index contributed by atoms with van der Waals surface area (Å²) >= 11 is 9.62. The number of hydrogen-bond donors (Lipinski definition) is 3. The predicted octanol–water partition coefficient (Wildman–Crippen LogP) is 2.26. The van der Waals surface area contributed by atoms with E-state index in [1.807, 2.05) is 0 Å². The molecule has 0 saturated carbocycles. The first-order valence-electron chi connectivity index (χ1n) is 10.9. The van der Waals surface area contributed by atoms with Gasteiger partial charge in [-0.1, -0.05) is 52.7 Å². The molecule has 1 aliphatic heterocycles. The molecule has 2 aromatic rings. The Labute approximate surface area is 219 Å². The summed E-state index contributed by atoms with van der Waals surface area (Å²) in [6.45, 7) is 2.71. The smallest absolute Gasteiger partial charge is 0.459 e. The van der Waals surface area contributed by atoms with Crippen LogP contribution in [0, 0.1) is 0 Å². The van der Waals surface area contributed by atoms with Gasteiger partial charge in [0.1, 0.15) is 24.6 Å². The number of rotatable bonds is 11. The minimum Gasteiger partial charge on any atom is -0.464 e. The molecule has 198 valence electrons. The standard InChI is InChI=1S/C21H26BrClN3O9P/c1-3-17(28)32-11-13(2)25-36(31,35-14-7-5-4-6-8-14)33-12-15-18(29)21(22,23)19(34-15)26-10-9-16(27)24-20(26)30/h4-10,13,15,18-19,29H,3,11-12H2,1-2H3,(H,25,31)(H,24,27,30)/t13-,15+,18+,19+,21-,36?/m0/s1. The molecule has 6 atom stereocenters. The second-order valence-corrected chi connectivity index (χ2v) is 12.0. The lowest BCUT2D eigenvalue weighted by atomic mass is 10.2. The van der Waals surface area contributed by atoms with E-state index in [1.165, 1.54) is 6.20 Å². The number of carbonyl (C=O) groups is 1. The number of esters is 1. The quantitative estimate of drug-likeness (QED) is 0.196. The number of aliphatic hydroxyl groups excluding tert-OH is 1. The van der Waals surface area contributed by atoms with Crippen LogP contribution < -0.4 is 20.9 Å². The Morgan fingerprint density at radius 3 is 2.69 bits per heavy atom. The van der Waals surface area contributed by atoms with Crippen molar-refractivity contribution >= 4 is 41.2 Å². The number of para-hydroxylation sites is 1. The van der Waals surface area contributed by atoms with E-state index in [9.17, 15) is 24.1 Å². The zero-order valence-electron chi connectivity index (χ0n) is 19.3. The number of carbonyl (C=O) groups excluding carboxylic acids is 1. The number of nitrogens with zero attached hydrogens (tertiary/aromatic N) is 1. The van der Waals surface area contributed by atoms with Crippen molar-refractivity contribution in [3.05, 3.63) is 63.4 Å². The number of H-pyrrole nitrogens is 1. The van der Waals surface area contributed by atoms with Gasteiger partial charge >= 0.3 is 19.4 Å². The third-order valence-electron chi connectivity index (χ3n) is 5.02. The number of benzene rings is 1. The van der Waals surface area contributed by atoms with Crippen molar-refractivity contribution in [3.63, 3.8) is 0 Å². The molecule has 0 amide bonds. The zero-order valence-corrected chi connectivity index (χ0v) is 22.6. The van der Waals surface area contributed by atoms with Gasteiger partial charge in [0.15, 0.2) is 10.0 Å². The Morgan fingerprint density at radius 1 is 1.36 bits per heavy atom. The van der Waals surface area contributed by atoms with Gasteiger partial charge in [-0.05, 0) is 19.1 Å². The molecule has 3 rings (SSSR count). The summed E-state index contributed by atoms with van der Waals surface area (Å²) in [5.41, 5.74) is -1.42. The van der Waals surface area contributed by atoms with E-state index in [-0.39, 0.29) is 18.8 Å². The van der Waals surface area contributed by atoms with Gasteiger partial charge in [0.25, 0.3) is 5.56 Å². The first kappa shape index (κ1) is 28.6. The van der Waals surface area contributed by atoms with Crippen molar-refractivity contribution < 1.29 is 33.0 Å². The molecule has 2 heterocycles. The van der Waals surface area contributed by atoms with Crippen LogP contribution in [0.3, 0.4) is 0 Å². The minimum atomic E-state index is -4.10. The van der Waals surface area contributed by atoms with Crippen LogP contribution in [0.2, 0.25) is 0 Å². The third-order valence-corrected chi connectivity index (χ3v) is 7.99. The fraction of sp³-hybridized carbons (Fsp3) is 0.476. The number of aromatic nitrogens is 2. The van der Waals surface area contributed by atoms with Crippen LogP contribution in [0.1, 0.15) is 26.5 Å². The largest absolute Gasteiger partial charge is 0.464 e. The Balaban J connectivity index is 1.76. The van der Waals surface area contributed by atoms with Crippen LogP contribution in [0.15, 0.2) is 52.2 Å². The van der Waals surface area contributed by atoms with Gasteiger partial charge in [0.2, 0.25) is 0 Å². The SMILES string of the molecule is CCC(=O)OC[C@H](C)NP(=O)(OC[C@H]1O[C@@H](n2ccc(=O)[nH]c2=O)[C@](Cl)(Br)[C@@H]1O)Oc1ccccc1. The minimum absolute atomic E-state index is 0.0931. The fourth-order valence-corrected chi connectivity index (χ4v) is 5.68. The molecular formula is C21H26BrClN3O9P. The molecule has 1 saturated heterocycles. The van der Waals surface area contributed by atoms with Crippen molar-refractivity contribution in [2.24, 2.45) is 0 Å². The van der Waals surface area contributed by atoms with Crippen molar-refractivity contribution in [2.45, 2.75) is 48.5 Å². The van der Waals surface area contributed by atoms with Crippen LogP contribution in [0.25, 0.3) is 0 Å². The molecule has 36 heavy (non-hydrogen) atoms. The van der Waals surface area contributed by atoms with Crippen LogP contribution >= 0.6 is 35.3 Å². The molecule has 1 unspecified atom stereocenters. The first-order chi connectivity index (χ1) is 16.9. The molecule has 1 aliphatic rings. The maximum atomic E-state index is 13.6. The Hall–Kier alpha value is -1.99. The van der Waals surface area contributed by atoms with E-state index in [0.717, 1.165) is 10.6 Å². The predicted molar refractivity (Wildman–Crippen MR) is 133 cm³/mol. The summed E-state index contributed by atoms with van der Waals surface area (Å²) in [6.07, 6.45) is -2.49. The highest BCUT2D eigenvalue weighted by Gasteiger charge is 2.55. The molecule has 1 aromatic heterocycles. The van der Waals surface area contributed by atoms with E-state index < -0.39 is 59.8 Å². The van der Waals surface area contributed by atoms with Crippen molar-refractivity contribution in [3.8, 4) is 5.75 Å². The van der Waals surface area contributed by atoms with Gasteiger partial charge in [-0.25, -0.2) is 14.4 Å². The lowest BCUT2D eigenvalue weighted by Gasteiger charge is -2.25. The molecule has 0 aliphatic carbocycles. The highest BCUT2D eigenvalue weighted by Crippen LogP contribution is 2.50. The average Bonchev–Trinajstić information content (AvgIpc) is 3.05. The van der Waals surface area contributed by atoms with Gasteiger partial charge in [-0.2, -0.15) is 0 Å². The van der Waals surface area contributed by atoms with E-state index in [2.05, 4.69) is 26.0 Å². The normalized spacial score (nSPS) is 26.2. The summed E-state index contributed by atoms with van der Waals surface area (Å²) in [5.74, 6) is -0.186. The number of aliphatic hydroxyl groups is 1. The van der Waals surface area contributed by atoms with Gasteiger partial charge in [0, 0.05) is 24.7 Å².